The van der Waals surface area contributed by atoms with Gasteiger partial charge >= 0.3 is 10.3 Å². The van der Waals surface area contributed by atoms with Crippen molar-refractivity contribution in [3.8, 4) is 0 Å². The lowest BCUT2D eigenvalue weighted by atomic mass is 10.0. The third-order valence-corrected chi connectivity index (χ3v) is 6.16. The van der Waals surface area contributed by atoms with Gasteiger partial charge in [-0.15, -0.1) is 0 Å². The average molecular weight is 402 g/mol. The summed E-state index contributed by atoms with van der Waals surface area (Å²) in [5.41, 5.74) is 2.76. The normalized spacial score (nSPS) is 13.7. The molecule has 1 heterocycles. The van der Waals surface area contributed by atoms with Gasteiger partial charge < -0.3 is 0 Å². The van der Waals surface area contributed by atoms with Gasteiger partial charge in [-0.1, -0.05) is 24.6 Å². The highest BCUT2D eigenvalue weighted by Crippen LogP contribution is 2.22. The summed E-state index contributed by atoms with van der Waals surface area (Å²) >= 11 is 0. The molecule has 0 spiro atoms. The van der Waals surface area contributed by atoms with E-state index in [9.17, 15) is 16.8 Å². The maximum Gasteiger partial charge on any atom is 0.333 e. The lowest BCUT2D eigenvalue weighted by Crippen LogP contribution is -2.20. The van der Waals surface area contributed by atoms with Gasteiger partial charge in [0, 0.05) is 0 Å². The second kappa shape index (κ2) is 7.47. The predicted molar refractivity (Wildman–Crippen MR) is 97.4 cm³/mol. The van der Waals surface area contributed by atoms with Gasteiger partial charge in [0.15, 0.2) is 0 Å². The summed E-state index contributed by atoms with van der Waals surface area (Å²) in [6.07, 6.45) is 0.413. The Morgan fingerprint density at radius 3 is 2.23 bits per heavy atom. The molecule has 0 fully saturated rings. The van der Waals surface area contributed by atoms with Gasteiger partial charge in [0.2, 0.25) is 0 Å². The van der Waals surface area contributed by atoms with E-state index in [4.69, 9.17) is 5.14 Å². The Bertz CT molecular complexity index is 993. The highest BCUT2D eigenvalue weighted by Gasteiger charge is 2.24. The minimum atomic E-state index is -4.01. The van der Waals surface area contributed by atoms with Crippen LogP contribution >= 0.6 is 0 Å². The van der Waals surface area contributed by atoms with E-state index >= 15 is 0 Å². The van der Waals surface area contributed by atoms with Crippen LogP contribution in [0.15, 0.2) is 29.2 Å². The molecule has 0 unspecified atom stereocenters. The average Bonchev–Trinajstić information content (AvgIpc) is 2.81. The van der Waals surface area contributed by atoms with Crippen LogP contribution in [0.5, 0.6) is 0 Å². The number of benzene rings is 1. The molecule has 10 heteroatoms. The van der Waals surface area contributed by atoms with E-state index < -0.39 is 20.3 Å². The minimum absolute atomic E-state index is 0.0897. The maximum atomic E-state index is 12.9. The van der Waals surface area contributed by atoms with Crippen LogP contribution in [-0.2, 0) is 30.9 Å². The molecule has 0 saturated carbocycles. The Balaban J connectivity index is 2.31. The van der Waals surface area contributed by atoms with E-state index in [-0.39, 0.29) is 17.4 Å². The maximum absolute atomic E-state index is 12.9. The van der Waals surface area contributed by atoms with Crippen LogP contribution in [0.3, 0.4) is 0 Å². The van der Waals surface area contributed by atoms with Crippen molar-refractivity contribution < 1.29 is 21.0 Å². The molecule has 0 radical (unpaired) electrons. The fourth-order valence-electron chi connectivity index (χ4n) is 2.61. The number of aromatic nitrogens is 2. The zero-order chi connectivity index (χ0) is 19.7. The largest absolute Gasteiger partial charge is 0.333 e. The third kappa shape index (κ3) is 4.70. The third-order valence-electron chi connectivity index (χ3n) is 4.02. The summed E-state index contributed by atoms with van der Waals surface area (Å²) < 4.78 is 53.1. The van der Waals surface area contributed by atoms with Gasteiger partial charge in [-0.25, -0.2) is 5.14 Å². The predicted octanol–water partition coefficient (Wildman–Crippen LogP) is 1.44. The quantitative estimate of drug-likeness (QED) is 0.749. The summed E-state index contributed by atoms with van der Waals surface area (Å²) in [7, 11) is -7.81. The first-order valence-electron chi connectivity index (χ1n) is 7.96. The molecule has 1 aromatic carbocycles. The first kappa shape index (κ1) is 20.6. The van der Waals surface area contributed by atoms with Crippen LogP contribution in [0.1, 0.15) is 29.4 Å². The van der Waals surface area contributed by atoms with E-state index in [0.717, 1.165) is 15.2 Å². The molecule has 0 saturated heterocycles. The molecular weight excluding hydrogens is 378 g/mol. The van der Waals surface area contributed by atoms with Crippen molar-refractivity contribution in [2.45, 2.75) is 39.0 Å². The SMILES string of the molecule is Cc1ccc(S(=O)(=O)n2nc(C)c(C[C@H](C)COS(N)(=O)=O)c2C)cc1. The number of nitrogens with two attached hydrogens (primary N) is 1. The van der Waals surface area contributed by atoms with Crippen molar-refractivity contribution in [2.75, 3.05) is 6.61 Å². The van der Waals surface area contributed by atoms with E-state index in [1.807, 2.05) is 6.92 Å². The van der Waals surface area contributed by atoms with Gasteiger partial charge in [-0.3, -0.25) is 4.18 Å². The second-order valence-electron chi connectivity index (χ2n) is 6.40. The first-order valence-corrected chi connectivity index (χ1v) is 10.9. The van der Waals surface area contributed by atoms with Gasteiger partial charge in [-0.2, -0.15) is 26.0 Å². The van der Waals surface area contributed by atoms with Crippen LogP contribution in [0.2, 0.25) is 0 Å². The highest BCUT2D eigenvalue weighted by atomic mass is 32.2. The topological polar surface area (TPSA) is 121 Å². The van der Waals surface area contributed by atoms with E-state index in [2.05, 4.69) is 9.28 Å². The van der Waals surface area contributed by atoms with Crippen LogP contribution in [0, 0.1) is 26.7 Å². The Labute approximate surface area is 154 Å². The van der Waals surface area contributed by atoms with Crippen molar-refractivity contribution >= 4 is 20.3 Å². The minimum Gasteiger partial charge on any atom is -0.258 e. The summed E-state index contributed by atoms with van der Waals surface area (Å²) in [5, 5.41) is 9.01. The van der Waals surface area contributed by atoms with Gasteiger partial charge in [0.1, 0.15) is 0 Å². The zero-order valence-corrected chi connectivity index (χ0v) is 16.8. The van der Waals surface area contributed by atoms with Crippen molar-refractivity contribution in [1.29, 1.82) is 0 Å². The summed E-state index contributed by atoms with van der Waals surface area (Å²) in [5.74, 6) is -0.189. The first-order chi connectivity index (χ1) is 11.9. The lowest BCUT2D eigenvalue weighted by molar-refractivity contribution is 0.264. The van der Waals surface area contributed by atoms with E-state index in [1.54, 1.807) is 45.0 Å². The van der Waals surface area contributed by atoms with Crippen LogP contribution < -0.4 is 5.14 Å². The van der Waals surface area contributed by atoms with Crippen LogP contribution in [0.4, 0.5) is 0 Å². The molecule has 0 bridgehead atoms. The molecule has 144 valence electrons. The number of hydrogen-bond acceptors (Lipinski definition) is 6. The van der Waals surface area contributed by atoms with Crippen molar-refractivity contribution in [3.63, 3.8) is 0 Å². The molecule has 26 heavy (non-hydrogen) atoms. The van der Waals surface area contributed by atoms with Gasteiger partial charge in [0.25, 0.3) is 10.0 Å². The standard InChI is InChI=1S/C16H23N3O5S2/c1-11-5-7-15(8-6-11)25(20,21)19-14(4)16(13(3)18-19)9-12(2)10-24-26(17,22)23/h5-8,12H,9-10H2,1-4H3,(H2,17,22,23)/t12-/m0/s1. The molecule has 0 aliphatic heterocycles. The Morgan fingerprint density at radius 2 is 1.69 bits per heavy atom. The Hall–Kier alpha value is -1.75. The van der Waals surface area contributed by atoms with Crippen molar-refractivity contribution in [3.05, 3.63) is 46.8 Å². The molecule has 0 aliphatic rings. The molecule has 8 nitrogen and oxygen atoms in total. The second-order valence-corrected chi connectivity index (χ2v) is 9.39. The van der Waals surface area contributed by atoms with Crippen molar-refractivity contribution in [2.24, 2.45) is 11.1 Å². The Morgan fingerprint density at radius 1 is 1.12 bits per heavy atom. The molecule has 2 rings (SSSR count). The summed E-state index contributed by atoms with van der Waals surface area (Å²) in [4.78, 5) is 0.158. The molecular formula is C16H23N3O5S2. The molecule has 1 atom stereocenters. The number of rotatable bonds is 7. The van der Waals surface area contributed by atoms with Gasteiger partial charge in [0.05, 0.1) is 22.9 Å². The van der Waals surface area contributed by atoms with E-state index in [1.165, 1.54) is 0 Å². The summed E-state index contributed by atoms with van der Waals surface area (Å²) in [6.45, 7) is 6.97. The number of hydrogen-bond donors (Lipinski definition) is 1. The van der Waals surface area contributed by atoms with Crippen LogP contribution in [0.25, 0.3) is 0 Å². The molecule has 2 aromatic rings. The Kier molecular flexibility index (Phi) is 5.91. The summed E-state index contributed by atoms with van der Waals surface area (Å²) in [6, 6.07) is 6.55. The highest BCUT2D eigenvalue weighted by molar-refractivity contribution is 7.89. The smallest absolute Gasteiger partial charge is 0.258 e. The van der Waals surface area contributed by atoms with Crippen LogP contribution in [-0.4, -0.2) is 32.6 Å². The fraction of sp³-hybridized carbons (Fsp3) is 0.438. The fourth-order valence-corrected chi connectivity index (χ4v) is 4.41. The van der Waals surface area contributed by atoms with E-state index in [0.29, 0.717) is 17.8 Å². The molecule has 1 aromatic heterocycles. The monoisotopic (exact) mass is 401 g/mol. The number of nitrogens with zero attached hydrogens (tertiary/aromatic N) is 2. The lowest BCUT2D eigenvalue weighted by Gasteiger charge is -2.11. The van der Waals surface area contributed by atoms with Gasteiger partial charge in [-0.05, 0) is 50.8 Å². The molecule has 2 N–H and O–H groups in total. The zero-order valence-electron chi connectivity index (χ0n) is 15.1. The molecule has 0 amide bonds. The molecule has 0 aliphatic carbocycles. The number of aryl methyl sites for hydroxylation is 2. The van der Waals surface area contributed by atoms with Crippen molar-refractivity contribution in [1.82, 2.24) is 9.19 Å².